The molecule has 0 spiro atoms. The third-order valence-corrected chi connectivity index (χ3v) is 8.51. The van der Waals surface area contributed by atoms with Crippen LogP contribution in [0, 0.1) is 6.92 Å². The smallest absolute Gasteiger partial charge is 0.268 e. The number of hydrazine groups is 1. The fourth-order valence-electron chi connectivity index (χ4n) is 4.70. The highest BCUT2D eigenvalue weighted by molar-refractivity contribution is 7.90. The Hall–Kier alpha value is -4.86. The molecule has 1 aliphatic heterocycles. The summed E-state index contributed by atoms with van der Waals surface area (Å²) in [6.07, 6.45) is 0. The molecule has 6 rings (SSSR count). The number of benzene rings is 4. The van der Waals surface area contributed by atoms with Crippen LogP contribution < -0.4 is 20.9 Å². The molecule has 0 saturated carbocycles. The van der Waals surface area contributed by atoms with E-state index < -0.39 is 15.8 Å². The van der Waals surface area contributed by atoms with Gasteiger partial charge in [0, 0.05) is 11.9 Å². The molecule has 3 N–H and O–H groups in total. The van der Waals surface area contributed by atoms with Crippen LogP contribution in [-0.4, -0.2) is 24.7 Å². The fourth-order valence-corrected chi connectivity index (χ4v) is 6.21. The van der Waals surface area contributed by atoms with Gasteiger partial charge in [-0.3, -0.25) is 9.80 Å². The summed E-state index contributed by atoms with van der Waals surface area (Å²) >= 11 is 0. The third-order valence-electron chi connectivity index (χ3n) is 6.77. The highest BCUT2D eigenvalue weighted by Gasteiger charge is 2.32. The van der Waals surface area contributed by atoms with E-state index in [1.54, 1.807) is 59.6 Å². The van der Waals surface area contributed by atoms with Crippen LogP contribution in [0.2, 0.25) is 0 Å². The lowest BCUT2D eigenvalue weighted by Crippen LogP contribution is -2.34. The van der Waals surface area contributed by atoms with Crippen LogP contribution in [0.4, 0.5) is 5.69 Å². The number of hydrogen-bond donors (Lipinski definition) is 2. The van der Waals surface area contributed by atoms with Crippen molar-refractivity contribution >= 4 is 32.4 Å². The summed E-state index contributed by atoms with van der Waals surface area (Å²) in [6, 6.07) is 31.9. The molecular weight excluding hydrogens is 524 g/mol. The fraction of sp³-hybridized carbons (Fsp3) is 0.0645. The molecule has 4 aromatic carbocycles. The lowest BCUT2D eigenvalue weighted by Gasteiger charge is -2.19. The minimum atomic E-state index is -4.07. The monoisotopic (exact) mass is 550 g/mol. The molecule has 1 aromatic heterocycles. The zero-order valence-electron chi connectivity index (χ0n) is 21.6. The summed E-state index contributed by atoms with van der Waals surface area (Å²) in [5.74, 6) is 1.10. The zero-order chi connectivity index (χ0) is 27.9. The second kappa shape index (κ2) is 10.0. The van der Waals surface area contributed by atoms with Crippen molar-refractivity contribution in [3.63, 3.8) is 0 Å². The molecule has 0 aliphatic carbocycles. The van der Waals surface area contributed by atoms with Gasteiger partial charge in [-0.05, 0) is 67.6 Å². The van der Waals surface area contributed by atoms with E-state index in [2.05, 4.69) is 5.43 Å². The maximum absolute atomic E-state index is 13.9. The first-order valence-corrected chi connectivity index (χ1v) is 14.1. The molecule has 0 atom stereocenters. The van der Waals surface area contributed by atoms with Crippen molar-refractivity contribution in [2.45, 2.75) is 11.8 Å². The molecule has 5 aromatic rings. The number of carbonyl (C=O) groups is 1. The summed E-state index contributed by atoms with van der Waals surface area (Å²) in [5, 5.41) is 2.25. The Kier molecular flexibility index (Phi) is 6.37. The molecule has 0 unspecified atom stereocenters. The van der Waals surface area contributed by atoms with Gasteiger partial charge in [-0.2, -0.15) is 0 Å². The first kappa shape index (κ1) is 25.4. The van der Waals surface area contributed by atoms with Crippen molar-refractivity contribution in [3.05, 3.63) is 132 Å². The molecule has 200 valence electrons. The van der Waals surface area contributed by atoms with Gasteiger partial charge in [-0.25, -0.2) is 17.8 Å². The maximum Gasteiger partial charge on any atom is 0.268 e. The molecule has 0 saturated heterocycles. The summed E-state index contributed by atoms with van der Waals surface area (Å²) in [6.45, 7) is 2.02. The van der Waals surface area contributed by atoms with Crippen molar-refractivity contribution < 1.29 is 17.9 Å². The van der Waals surface area contributed by atoms with Crippen LogP contribution in [-0.2, 0) is 10.0 Å². The SMILES string of the molecule is Cc1ccc(S(=O)(=O)n2c(C(=O)C3=C(N)N(c4ccc(Oc5ccccc5)cc4)NC3)cc3ccccc32)cc1. The maximum atomic E-state index is 13.9. The van der Waals surface area contributed by atoms with Gasteiger partial charge >= 0.3 is 0 Å². The second-order valence-electron chi connectivity index (χ2n) is 9.44. The molecule has 0 radical (unpaired) electrons. The van der Waals surface area contributed by atoms with E-state index in [1.165, 1.54) is 0 Å². The van der Waals surface area contributed by atoms with Gasteiger partial charge in [0.2, 0.25) is 5.78 Å². The normalized spacial score (nSPS) is 13.7. The number of Topliss-reactive ketones (excluding diaryl/α,β-unsaturated/α-hetero) is 1. The van der Waals surface area contributed by atoms with Gasteiger partial charge in [-0.1, -0.05) is 54.1 Å². The third kappa shape index (κ3) is 4.51. The number of aryl methyl sites for hydroxylation is 1. The first-order chi connectivity index (χ1) is 19.3. The lowest BCUT2D eigenvalue weighted by molar-refractivity contribution is 0.102. The van der Waals surface area contributed by atoms with Gasteiger partial charge < -0.3 is 10.5 Å². The molecule has 40 heavy (non-hydrogen) atoms. The number of nitrogens with zero attached hydrogens (tertiary/aromatic N) is 2. The van der Waals surface area contributed by atoms with Gasteiger partial charge in [-0.15, -0.1) is 0 Å². The number of para-hydroxylation sites is 2. The average molecular weight is 551 g/mol. The number of aromatic nitrogens is 1. The number of rotatable bonds is 7. The topological polar surface area (TPSA) is 107 Å². The van der Waals surface area contributed by atoms with Crippen molar-refractivity contribution in [3.8, 4) is 11.5 Å². The van der Waals surface area contributed by atoms with Crippen LogP contribution in [0.3, 0.4) is 0 Å². The standard InChI is InChI=1S/C31H26N4O4S/c1-21-11-17-26(18-12-21)40(37,38)35-28-10-6-5-7-22(28)19-29(35)30(36)27-20-33-34(31(27)32)23-13-15-25(16-14-23)39-24-8-3-2-4-9-24/h2-19,33H,20,32H2,1H3. The van der Waals surface area contributed by atoms with Crippen LogP contribution in [0.15, 0.2) is 125 Å². The van der Waals surface area contributed by atoms with Crippen LogP contribution in [0.5, 0.6) is 11.5 Å². The van der Waals surface area contributed by atoms with E-state index in [0.717, 1.165) is 15.3 Å². The lowest BCUT2D eigenvalue weighted by atomic mass is 10.1. The number of ether oxygens (including phenoxy) is 1. The van der Waals surface area contributed by atoms with Crippen molar-refractivity contribution in [2.75, 3.05) is 11.6 Å². The van der Waals surface area contributed by atoms with E-state index >= 15 is 0 Å². The first-order valence-electron chi connectivity index (χ1n) is 12.7. The molecule has 0 fully saturated rings. The minimum Gasteiger partial charge on any atom is -0.457 e. The Morgan fingerprint density at radius 1 is 0.850 bits per heavy atom. The highest BCUT2D eigenvalue weighted by Crippen LogP contribution is 2.31. The summed E-state index contributed by atoms with van der Waals surface area (Å²) in [5.41, 5.74) is 12.0. The van der Waals surface area contributed by atoms with E-state index in [0.29, 0.717) is 22.3 Å². The number of anilines is 1. The summed E-state index contributed by atoms with van der Waals surface area (Å²) in [7, 11) is -4.07. The molecule has 8 nitrogen and oxygen atoms in total. The molecular formula is C31H26N4O4S. The Labute approximate surface area is 231 Å². The predicted molar refractivity (Wildman–Crippen MR) is 155 cm³/mol. The second-order valence-corrected chi connectivity index (χ2v) is 11.2. The van der Waals surface area contributed by atoms with Crippen LogP contribution in [0.25, 0.3) is 10.9 Å². The molecule has 0 amide bonds. The van der Waals surface area contributed by atoms with Crippen LogP contribution >= 0.6 is 0 Å². The van der Waals surface area contributed by atoms with Gasteiger partial charge in [0.15, 0.2) is 0 Å². The Morgan fingerprint density at radius 2 is 1.50 bits per heavy atom. The number of hydrogen-bond acceptors (Lipinski definition) is 7. The largest absolute Gasteiger partial charge is 0.457 e. The van der Waals surface area contributed by atoms with Gasteiger partial charge in [0.1, 0.15) is 23.0 Å². The number of fused-ring (bicyclic) bond motifs is 1. The van der Waals surface area contributed by atoms with Crippen molar-refractivity contribution in [2.24, 2.45) is 5.73 Å². The van der Waals surface area contributed by atoms with E-state index in [9.17, 15) is 13.2 Å². The predicted octanol–water partition coefficient (Wildman–Crippen LogP) is 5.36. The van der Waals surface area contributed by atoms with E-state index in [4.69, 9.17) is 10.5 Å². The molecule has 1 aliphatic rings. The number of nitrogens with one attached hydrogen (secondary N) is 1. The minimum absolute atomic E-state index is 0.0231. The Balaban J connectivity index is 1.35. The average Bonchev–Trinajstić information content (AvgIpc) is 3.55. The molecule has 0 bridgehead atoms. The van der Waals surface area contributed by atoms with Crippen molar-refractivity contribution in [1.29, 1.82) is 0 Å². The van der Waals surface area contributed by atoms with E-state index in [-0.39, 0.29) is 28.5 Å². The van der Waals surface area contributed by atoms with Crippen LogP contribution in [0.1, 0.15) is 16.1 Å². The quantitative estimate of drug-likeness (QED) is 0.263. The van der Waals surface area contributed by atoms with Crippen molar-refractivity contribution in [1.82, 2.24) is 9.40 Å². The van der Waals surface area contributed by atoms with Gasteiger partial charge in [0.25, 0.3) is 10.0 Å². The zero-order valence-corrected chi connectivity index (χ0v) is 22.4. The number of nitrogens with two attached hydrogens (primary N) is 1. The Bertz CT molecular complexity index is 1860. The highest BCUT2D eigenvalue weighted by atomic mass is 32.2. The molecule has 2 heterocycles. The summed E-state index contributed by atoms with van der Waals surface area (Å²) in [4.78, 5) is 14.0. The Morgan fingerprint density at radius 3 is 2.23 bits per heavy atom. The van der Waals surface area contributed by atoms with Gasteiger partial charge in [0.05, 0.1) is 21.7 Å². The summed E-state index contributed by atoms with van der Waals surface area (Å²) < 4.78 is 34.6. The number of carbonyl (C=O) groups excluding carboxylic acids is 1. The molecule has 9 heteroatoms. The van der Waals surface area contributed by atoms with E-state index in [1.807, 2.05) is 61.5 Å². The number of ketones is 1.